The summed E-state index contributed by atoms with van der Waals surface area (Å²) in [5.41, 5.74) is 0. The first-order chi connectivity index (χ1) is 8.78. The average molecular weight is 289 g/mol. The van der Waals surface area contributed by atoms with Gasteiger partial charge in [-0.05, 0) is 41.9 Å². The summed E-state index contributed by atoms with van der Waals surface area (Å²) in [5.74, 6) is 3.63. The summed E-state index contributed by atoms with van der Waals surface area (Å²) in [6.45, 7) is 3.49. The Morgan fingerprint density at radius 2 is 2.33 bits per heavy atom. The quantitative estimate of drug-likeness (QED) is 0.868. The molecule has 0 aromatic carbocycles. The molecule has 0 bridgehead atoms. The summed E-state index contributed by atoms with van der Waals surface area (Å²) >= 11 is 7.83. The molecule has 1 unspecified atom stereocenters. The first-order valence-electron chi connectivity index (χ1n) is 6.14. The fraction of sp³-hybridized carbons (Fsp3) is 0.727. The lowest BCUT2D eigenvalue weighted by Crippen LogP contribution is -2.16. The average Bonchev–Trinajstić information content (AvgIpc) is 2.86. The van der Waals surface area contributed by atoms with Crippen LogP contribution in [0.15, 0.2) is 0 Å². The Hall–Kier alpha value is -0.750. The molecule has 1 aliphatic heterocycles. The van der Waals surface area contributed by atoms with E-state index < -0.39 is 0 Å². The second-order valence-electron chi connectivity index (χ2n) is 4.17. The number of nitrogens with one attached hydrogen (secondary N) is 1. The van der Waals surface area contributed by atoms with Crippen LogP contribution in [-0.4, -0.2) is 39.6 Å². The van der Waals surface area contributed by atoms with Crippen molar-refractivity contribution in [3.05, 3.63) is 5.28 Å². The number of aromatic nitrogens is 3. The van der Waals surface area contributed by atoms with E-state index in [4.69, 9.17) is 16.3 Å². The largest absolute Gasteiger partial charge is 0.463 e. The number of hydrogen-bond acceptors (Lipinski definition) is 6. The van der Waals surface area contributed by atoms with E-state index in [2.05, 4.69) is 20.3 Å². The standard InChI is InChI=1S/C11H17ClN4OS/c1-2-4-17-11-15-9(12)14-10(16-11)13-6-8-3-5-18-7-8/h8H,2-7H2,1H3,(H,13,14,15,16). The van der Waals surface area contributed by atoms with Crippen molar-refractivity contribution in [1.29, 1.82) is 0 Å². The lowest BCUT2D eigenvalue weighted by Gasteiger charge is -2.10. The molecule has 0 spiro atoms. The second-order valence-corrected chi connectivity index (χ2v) is 5.66. The van der Waals surface area contributed by atoms with E-state index in [1.807, 2.05) is 18.7 Å². The molecule has 1 fully saturated rings. The van der Waals surface area contributed by atoms with Crippen LogP contribution in [0.2, 0.25) is 5.28 Å². The van der Waals surface area contributed by atoms with Crippen LogP contribution in [0.1, 0.15) is 19.8 Å². The van der Waals surface area contributed by atoms with Gasteiger partial charge in [0.1, 0.15) is 0 Å². The molecule has 100 valence electrons. The smallest absolute Gasteiger partial charge is 0.322 e. The van der Waals surface area contributed by atoms with E-state index in [1.165, 1.54) is 17.9 Å². The Bertz CT molecular complexity index is 387. The number of anilines is 1. The maximum atomic E-state index is 5.84. The first-order valence-corrected chi connectivity index (χ1v) is 7.67. The lowest BCUT2D eigenvalue weighted by molar-refractivity contribution is 0.291. The molecule has 5 nitrogen and oxygen atoms in total. The molecule has 0 aliphatic carbocycles. The Kier molecular flexibility index (Phi) is 5.31. The molecule has 0 amide bonds. The van der Waals surface area contributed by atoms with Crippen molar-refractivity contribution in [3.8, 4) is 6.01 Å². The van der Waals surface area contributed by atoms with Gasteiger partial charge in [0.2, 0.25) is 11.2 Å². The zero-order valence-corrected chi connectivity index (χ0v) is 11.9. The Morgan fingerprint density at radius 1 is 1.44 bits per heavy atom. The third-order valence-electron chi connectivity index (χ3n) is 2.60. The number of rotatable bonds is 6. The maximum absolute atomic E-state index is 5.84. The Balaban J connectivity index is 1.91. The van der Waals surface area contributed by atoms with Gasteiger partial charge in [-0.2, -0.15) is 26.7 Å². The SMILES string of the molecule is CCCOc1nc(Cl)nc(NCC2CCSC2)n1. The van der Waals surface area contributed by atoms with Gasteiger partial charge >= 0.3 is 6.01 Å². The van der Waals surface area contributed by atoms with Gasteiger partial charge in [0.25, 0.3) is 0 Å². The van der Waals surface area contributed by atoms with Crippen LogP contribution < -0.4 is 10.1 Å². The minimum absolute atomic E-state index is 0.166. The van der Waals surface area contributed by atoms with E-state index in [-0.39, 0.29) is 5.28 Å². The second kappa shape index (κ2) is 6.99. The minimum Gasteiger partial charge on any atom is -0.463 e. The van der Waals surface area contributed by atoms with Crippen molar-refractivity contribution >= 4 is 29.3 Å². The third kappa shape index (κ3) is 4.17. The molecule has 1 N–H and O–H groups in total. The van der Waals surface area contributed by atoms with E-state index >= 15 is 0 Å². The molecule has 0 saturated carbocycles. The first kappa shape index (κ1) is 13.7. The van der Waals surface area contributed by atoms with E-state index in [9.17, 15) is 0 Å². The molecule has 0 radical (unpaired) electrons. The molecule has 18 heavy (non-hydrogen) atoms. The molecule has 1 aliphatic rings. The van der Waals surface area contributed by atoms with Crippen LogP contribution in [0.5, 0.6) is 6.01 Å². The highest BCUT2D eigenvalue weighted by molar-refractivity contribution is 7.99. The van der Waals surface area contributed by atoms with Crippen molar-refractivity contribution < 1.29 is 4.74 Å². The lowest BCUT2D eigenvalue weighted by atomic mass is 10.1. The van der Waals surface area contributed by atoms with E-state index in [0.29, 0.717) is 24.5 Å². The van der Waals surface area contributed by atoms with Gasteiger partial charge in [-0.15, -0.1) is 0 Å². The van der Waals surface area contributed by atoms with Crippen LogP contribution in [-0.2, 0) is 0 Å². The monoisotopic (exact) mass is 288 g/mol. The minimum atomic E-state index is 0.166. The van der Waals surface area contributed by atoms with Crippen molar-refractivity contribution in [2.45, 2.75) is 19.8 Å². The number of hydrogen-bond donors (Lipinski definition) is 1. The Morgan fingerprint density at radius 3 is 3.06 bits per heavy atom. The molecule has 2 rings (SSSR count). The van der Waals surface area contributed by atoms with Crippen molar-refractivity contribution in [3.63, 3.8) is 0 Å². The number of thioether (sulfide) groups is 1. The van der Waals surface area contributed by atoms with E-state index in [0.717, 1.165) is 13.0 Å². The Labute approximate surface area is 116 Å². The highest BCUT2D eigenvalue weighted by Gasteiger charge is 2.16. The zero-order chi connectivity index (χ0) is 12.8. The molecule has 2 heterocycles. The predicted molar refractivity (Wildman–Crippen MR) is 74.5 cm³/mol. The molecule has 7 heteroatoms. The van der Waals surface area contributed by atoms with Crippen LogP contribution in [0.25, 0.3) is 0 Å². The zero-order valence-electron chi connectivity index (χ0n) is 10.4. The maximum Gasteiger partial charge on any atom is 0.322 e. The highest BCUT2D eigenvalue weighted by Crippen LogP contribution is 2.23. The topological polar surface area (TPSA) is 59.9 Å². The van der Waals surface area contributed by atoms with Gasteiger partial charge in [-0.1, -0.05) is 6.92 Å². The van der Waals surface area contributed by atoms with Crippen LogP contribution in [0.3, 0.4) is 0 Å². The summed E-state index contributed by atoms with van der Waals surface area (Å²) in [4.78, 5) is 12.2. The van der Waals surface area contributed by atoms with Gasteiger partial charge in [-0.25, -0.2) is 0 Å². The summed E-state index contributed by atoms with van der Waals surface area (Å²) < 4.78 is 5.36. The van der Waals surface area contributed by atoms with Crippen molar-refractivity contribution in [2.75, 3.05) is 30.0 Å². The third-order valence-corrected chi connectivity index (χ3v) is 4.00. The van der Waals surface area contributed by atoms with Crippen LogP contribution in [0.4, 0.5) is 5.95 Å². The summed E-state index contributed by atoms with van der Waals surface area (Å²) in [6.07, 6.45) is 2.15. The molecular weight excluding hydrogens is 272 g/mol. The fourth-order valence-corrected chi connectivity index (χ4v) is 3.09. The summed E-state index contributed by atoms with van der Waals surface area (Å²) in [6, 6.07) is 0.292. The molecule has 1 aromatic heterocycles. The van der Waals surface area contributed by atoms with E-state index in [1.54, 1.807) is 0 Å². The van der Waals surface area contributed by atoms with Gasteiger partial charge in [0, 0.05) is 6.54 Å². The number of ether oxygens (including phenoxy) is 1. The normalized spacial score (nSPS) is 18.9. The molecular formula is C11H17ClN4OS. The van der Waals surface area contributed by atoms with Gasteiger partial charge in [-0.3, -0.25) is 0 Å². The molecule has 1 aromatic rings. The van der Waals surface area contributed by atoms with Gasteiger partial charge in [0.05, 0.1) is 6.61 Å². The van der Waals surface area contributed by atoms with Gasteiger partial charge in [0.15, 0.2) is 0 Å². The fourth-order valence-electron chi connectivity index (χ4n) is 1.65. The van der Waals surface area contributed by atoms with Crippen molar-refractivity contribution in [1.82, 2.24) is 15.0 Å². The van der Waals surface area contributed by atoms with Crippen LogP contribution in [0, 0.1) is 5.92 Å². The highest BCUT2D eigenvalue weighted by atomic mass is 35.5. The molecule has 1 atom stereocenters. The van der Waals surface area contributed by atoms with Crippen LogP contribution >= 0.6 is 23.4 Å². The summed E-state index contributed by atoms with van der Waals surface area (Å²) in [5, 5.41) is 3.37. The number of nitrogens with zero attached hydrogens (tertiary/aromatic N) is 3. The number of halogens is 1. The van der Waals surface area contributed by atoms with Gasteiger partial charge < -0.3 is 10.1 Å². The molecule has 1 saturated heterocycles. The summed E-state index contributed by atoms with van der Waals surface area (Å²) in [7, 11) is 0. The van der Waals surface area contributed by atoms with Crippen molar-refractivity contribution in [2.24, 2.45) is 5.92 Å². The predicted octanol–water partition coefficient (Wildman–Crippen LogP) is 2.48.